The van der Waals surface area contributed by atoms with Crippen LogP contribution in [0.5, 0.6) is 0 Å². The number of halogens is 1. The van der Waals surface area contributed by atoms with Gasteiger partial charge in [-0.05, 0) is 54.4 Å². The van der Waals surface area contributed by atoms with Crippen LogP contribution in [0, 0.1) is 0 Å². The van der Waals surface area contributed by atoms with Crippen molar-refractivity contribution in [2.24, 2.45) is 0 Å². The molecule has 0 bridgehead atoms. The van der Waals surface area contributed by atoms with E-state index in [-0.39, 0.29) is 24.6 Å². The average Bonchev–Trinajstić information content (AvgIpc) is 2.83. The fraction of sp³-hybridized carbons (Fsp3) is 0.450. The van der Waals surface area contributed by atoms with Crippen LogP contribution in [0.3, 0.4) is 0 Å². The van der Waals surface area contributed by atoms with Gasteiger partial charge in [-0.3, -0.25) is 14.4 Å². The number of hydrogen-bond acceptors (Lipinski definition) is 5. The van der Waals surface area contributed by atoms with Gasteiger partial charge in [0.15, 0.2) is 5.78 Å². The van der Waals surface area contributed by atoms with E-state index in [4.69, 9.17) is 5.11 Å². The molecular formula is C20H25IO6. The Hall–Kier alpha value is -1.74. The molecule has 0 aromatic carbocycles. The number of aliphatic carboxylic acids is 1. The molecular weight excluding hydrogens is 463 g/mol. The number of carboxylic acids is 1. The molecule has 1 atom stereocenters. The number of unbranched alkanes of at least 4 members (excludes halogenated alkanes) is 2. The first-order chi connectivity index (χ1) is 12.8. The van der Waals surface area contributed by atoms with E-state index in [0.29, 0.717) is 41.3 Å². The van der Waals surface area contributed by atoms with E-state index in [9.17, 15) is 19.5 Å². The summed E-state index contributed by atoms with van der Waals surface area (Å²) >= 11 is 1.91. The monoisotopic (exact) mass is 488 g/mol. The van der Waals surface area contributed by atoms with Gasteiger partial charge in [-0.15, -0.1) is 0 Å². The third-order valence-electron chi connectivity index (χ3n) is 4.03. The lowest BCUT2D eigenvalue weighted by molar-refractivity contribution is -0.140. The van der Waals surface area contributed by atoms with Crippen LogP contribution in [0.4, 0.5) is 0 Å². The Labute approximate surface area is 172 Å². The van der Waals surface area contributed by atoms with E-state index in [1.807, 2.05) is 34.7 Å². The van der Waals surface area contributed by atoms with Gasteiger partial charge in [-0.1, -0.05) is 30.4 Å². The molecule has 7 heteroatoms. The van der Waals surface area contributed by atoms with Crippen molar-refractivity contribution in [1.82, 2.24) is 0 Å². The molecule has 1 aliphatic rings. The molecule has 0 saturated carbocycles. The number of rotatable bonds is 11. The predicted molar refractivity (Wildman–Crippen MR) is 110 cm³/mol. The van der Waals surface area contributed by atoms with Gasteiger partial charge in [0, 0.05) is 24.8 Å². The molecule has 0 amide bonds. The predicted octanol–water partition coefficient (Wildman–Crippen LogP) is 3.65. The maximum Gasteiger partial charge on any atom is 0.305 e. The lowest BCUT2D eigenvalue weighted by atomic mass is 9.92. The Kier molecular flexibility index (Phi) is 10.2. The summed E-state index contributed by atoms with van der Waals surface area (Å²) < 4.78 is 5.04. The van der Waals surface area contributed by atoms with E-state index in [1.54, 1.807) is 24.3 Å². The van der Waals surface area contributed by atoms with Gasteiger partial charge in [0.1, 0.15) is 5.60 Å². The molecule has 0 saturated heterocycles. The molecule has 0 aromatic rings. The zero-order valence-corrected chi connectivity index (χ0v) is 17.5. The number of methoxy groups -OCH3 is 1. The second-order valence-corrected chi connectivity index (χ2v) is 7.35. The van der Waals surface area contributed by atoms with Crippen LogP contribution in [-0.4, -0.2) is 40.6 Å². The highest BCUT2D eigenvalue weighted by Gasteiger charge is 2.39. The summed E-state index contributed by atoms with van der Waals surface area (Å²) in [6, 6.07) is 0. The number of esters is 1. The third kappa shape index (κ3) is 8.21. The lowest BCUT2D eigenvalue weighted by Gasteiger charge is -2.20. The van der Waals surface area contributed by atoms with Gasteiger partial charge in [0.05, 0.1) is 10.7 Å². The van der Waals surface area contributed by atoms with Crippen molar-refractivity contribution < 1.29 is 29.3 Å². The van der Waals surface area contributed by atoms with Crippen LogP contribution >= 0.6 is 22.6 Å². The zero-order chi connectivity index (χ0) is 20.3. The molecule has 0 unspecified atom stereocenters. The summed E-state index contributed by atoms with van der Waals surface area (Å²) in [6.07, 6.45) is 13.5. The van der Waals surface area contributed by atoms with E-state index < -0.39 is 11.6 Å². The van der Waals surface area contributed by atoms with Crippen LogP contribution < -0.4 is 0 Å². The van der Waals surface area contributed by atoms with Crippen LogP contribution in [0.15, 0.2) is 45.6 Å². The van der Waals surface area contributed by atoms with Crippen molar-refractivity contribution >= 4 is 40.3 Å². The quantitative estimate of drug-likeness (QED) is 0.151. The maximum absolute atomic E-state index is 12.3. The van der Waals surface area contributed by atoms with E-state index in [0.717, 1.165) is 0 Å². The van der Waals surface area contributed by atoms with Crippen molar-refractivity contribution in [3.05, 3.63) is 45.6 Å². The second kappa shape index (κ2) is 11.9. The minimum Gasteiger partial charge on any atom is -0.481 e. The highest BCUT2D eigenvalue weighted by molar-refractivity contribution is 14.1. The van der Waals surface area contributed by atoms with Gasteiger partial charge >= 0.3 is 11.9 Å². The molecule has 27 heavy (non-hydrogen) atoms. The van der Waals surface area contributed by atoms with Crippen molar-refractivity contribution in [1.29, 1.82) is 0 Å². The first kappa shape index (κ1) is 23.3. The van der Waals surface area contributed by atoms with E-state index in [1.165, 1.54) is 7.11 Å². The number of carbonyl (C=O) groups excluding carboxylic acids is 2. The molecule has 0 spiro atoms. The number of carboxylic acid groups (broad SMARTS) is 1. The first-order valence-corrected chi connectivity index (χ1v) is 9.84. The molecule has 1 rings (SSSR count). The largest absolute Gasteiger partial charge is 0.481 e. The van der Waals surface area contributed by atoms with Gasteiger partial charge in [-0.2, -0.15) is 0 Å². The summed E-state index contributed by atoms with van der Waals surface area (Å²) in [5.74, 6) is -1.28. The molecule has 6 nitrogen and oxygen atoms in total. The number of allylic oxidation sites excluding steroid dienone is 5. The van der Waals surface area contributed by atoms with E-state index >= 15 is 0 Å². The topological polar surface area (TPSA) is 101 Å². The Morgan fingerprint density at radius 1 is 1.19 bits per heavy atom. The third-order valence-corrected chi connectivity index (χ3v) is 4.83. The smallest absolute Gasteiger partial charge is 0.305 e. The molecule has 0 aliphatic heterocycles. The molecule has 0 radical (unpaired) electrons. The highest BCUT2D eigenvalue weighted by atomic mass is 127. The number of Topliss-reactive ketones (excluding diaryl/α,β-unsaturated/α-hetero) is 1. The van der Waals surface area contributed by atoms with E-state index in [2.05, 4.69) is 4.74 Å². The summed E-state index contributed by atoms with van der Waals surface area (Å²) in [4.78, 5) is 33.8. The second-order valence-electron chi connectivity index (χ2n) is 6.18. The SMILES string of the molecule is COC(=O)CCC/C=C/C=C1\C(=O)C(I)=C[C@]1(O)C/C=C\CCCC(=O)O. The maximum atomic E-state index is 12.3. The lowest BCUT2D eigenvalue weighted by Crippen LogP contribution is -2.27. The number of ether oxygens (including phenoxy) is 1. The Morgan fingerprint density at radius 3 is 2.52 bits per heavy atom. The van der Waals surface area contributed by atoms with Crippen LogP contribution in [0.25, 0.3) is 0 Å². The van der Waals surface area contributed by atoms with Gasteiger partial charge < -0.3 is 14.9 Å². The fourth-order valence-electron chi connectivity index (χ4n) is 2.55. The fourth-order valence-corrected chi connectivity index (χ4v) is 3.35. The zero-order valence-electron chi connectivity index (χ0n) is 15.3. The minimum atomic E-state index is -1.35. The summed E-state index contributed by atoms with van der Waals surface area (Å²) in [5.41, 5.74) is -1.04. The Bertz CT molecular complexity index is 674. The Morgan fingerprint density at radius 2 is 1.85 bits per heavy atom. The minimum absolute atomic E-state index is 0.108. The van der Waals surface area contributed by atoms with Crippen molar-refractivity contribution in [2.75, 3.05) is 7.11 Å². The highest BCUT2D eigenvalue weighted by Crippen LogP contribution is 2.36. The first-order valence-electron chi connectivity index (χ1n) is 8.76. The molecule has 0 heterocycles. The number of aliphatic hydroxyl groups is 1. The van der Waals surface area contributed by atoms with Crippen LogP contribution in [0.2, 0.25) is 0 Å². The number of ketones is 1. The molecule has 2 N–H and O–H groups in total. The number of carbonyl (C=O) groups is 3. The van der Waals surface area contributed by atoms with Crippen molar-refractivity contribution in [3.8, 4) is 0 Å². The van der Waals surface area contributed by atoms with Crippen molar-refractivity contribution in [3.63, 3.8) is 0 Å². The summed E-state index contributed by atoms with van der Waals surface area (Å²) in [6.45, 7) is 0. The van der Waals surface area contributed by atoms with Gasteiger partial charge in [0.25, 0.3) is 0 Å². The van der Waals surface area contributed by atoms with Crippen molar-refractivity contribution in [2.45, 2.75) is 50.5 Å². The van der Waals surface area contributed by atoms with Crippen LogP contribution in [-0.2, 0) is 19.1 Å². The summed E-state index contributed by atoms with van der Waals surface area (Å²) in [7, 11) is 1.35. The number of hydrogen-bond donors (Lipinski definition) is 2. The Balaban J connectivity index is 2.62. The van der Waals surface area contributed by atoms with Gasteiger partial charge in [-0.25, -0.2) is 0 Å². The standard InChI is InChI=1S/C20H25IO6/c1-27-18(24)12-8-3-2-6-10-15-19(25)16(21)14-20(15,26)13-9-5-4-7-11-17(22)23/h2,5-6,9-10,14,26H,3-4,7-8,11-13H2,1H3,(H,22,23)/b6-2+,9-5-,15-10+/t20-/m1/s1. The average molecular weight is 488 g/mol. The van der Waals surface area contributed by atoms with Crippen LogP contribution in [0.1, 0.15) is 44.9 Å². The molecule has 0 fully saturated rings. The van der Waals surface area contributed by atoms with Gasteiger partial charge in [0.2, 0.25) is 0 Å². The molecule has 0 aromatic heterocycles. The summed E-state index contributed by atoms with van der Waals surface area (Å²) in [5, 5.41) is 19.4. The normalized spacial score (nSPS) is 21.4. The molecule has 148 valence electrons. The molecule has 1 aliphatic carbocycles.